The first-order valence-corrected chi connectivity index (χ1v) is 9.32. The van der Waals surface area contributed by atoms with Crippen LogP contribution in [0, 0.1) is 19.8 Å². The van der Waals surface area contributed by atoms with Crippen molar-refractivity contribution in [3.8, 4) is 11.5 Å². The largest absolute Gasteiger partial charge is 0.495 e. The Morgan fingerprint density at radius 3 is 2.57 bits per heavy atom. The van der Waals surface area contributed by atoms with Crippen LogP contribution in [-0.2, 0) is 9.59 Å². The van der Waals surface area contributed by atoms with Gasteiger partial charge in [0, 0.05) is 30.8 Å². The molecular formula is C21H23ClN2O4. The lowest BCUT2D eigenvalue weighted by atomic mass is 10.1. The predicted molar refractivity (Wildman–Crippen MR) is 110 cm³/mol. The van der Waals surface area contributed by atoms with Crippen molar-refractivity contribution in [1.82, 2.24) is 0 Å². The van der Waals surface area contributed by atoms with Crippen LogP contribution >= 0.6 is 11.6 Å². The average molecular weight is 403 g/mol. The smallest absolute Gasteiger partial charge is 0.229 e. The van der Waals surface area contributed by atoms with E-state index >= 15 is 0 Å². The molecule has 0 spiro atoms. The Balaban J connectivity index is 1.80. The van der Waals surface area contributed by atoms with Gasteiger partial charge in [-0.25, -0.2) is 0 Å². The molecule has 1 saturated heterocycles. The van der Waals surface area contributed by atoms with Crippen LogP contribution in [0.15, 0.2) is 30.3 Å². The molecule has 2 aromatic carbocycles. The number of anilines is 2. The van der Waals surface area contributed by atoms with Crippen LogP contribution in [0.3, 0.4) is 0 Å². The van der Waals surface area contributed by atoms with Crippen molar-refractivity contribution in [1.29, 1.82) is 0 Å². The van der Waals surface area contributed by atoms with Gasteiger partial charge in [-0.2, -0.15) is 0 Å². The highest BCUT2D eigenvalue weighted by molar-refractivity contribution is 6.32. The number of hydrogen-bond acceptors (Lipinski definition) is 4. The number of halogens is 1. The van der Waals surface area contributed by atoms with Gasteiger partial charge in [-0.05, 0) is 31.0 Å². The number of nitrogens with zero attached hydrogens (tertiary/aromatic N) is 1. The first kappa shape index (κ1) is 20.0. The molecule has 0 bridgehead atoms. The fraction of sp³-hybridized carbons (Fsp3) is 0.333. The second kappa shape index (κ2) is 8.10. The number of hydrogen-bond donors (Lipinski definition) is 1. The zero-order chi connectivity index (χ0) is 20.4. The van der Waals surface area contributed by atoms with Crippen molar-refractivity contribution in [2.75, 3.05) is 31.0 Å². The van der Waals surface area contributed by atoms with E-state index in [1.807, 2.05) is 32.0 Å². The molecule has 6 nitrogen and oxygen atoms in total. The molecule has 148 valence electrons. The van der Waals surface area contributed by atoms with Gasteiger partial charge in [0.1, 0.15) is 11.5 Å². The molecule has 2 aromatic rings. The van der Waals surface area contributed by atoms with E-state index in [4.69, 9.17) is 21.1 Å². The van der Waals surface area contributed by atoms with Crippen molar-refractivity contribution in [2.45, 2.75) is 20.3 Å². The number of carbonyl (C=O) groups excluding carboxylic acids is 2. The van der Waals surface area contributed by atoms with Crippen LogP contribution in [0.5, 0.6) is 11.5 Å². The molecule has 7 heteroatoms. The van der Waals surface area contributed by atoms with E-state index in [0.29, 0.717) is 28.8 Å². The maximum Gasteiger partial charge on any atom is 0.229 e. The van der Waals surface area contributed by atoms with Crippen LogP contribution in [0.25, 0.3) is 0 Å². The first-order valence-electron chi connectivity index (χ1n) is 8.94. The summed E-state index contributed by atoms with van der Waals surface area (Å²) in [5, 5.41) is 3.23. The molecule has 28 heavy (non-hydrogen) atoms. The highest BCUT2D eigenvalue weighted by Crippen LogP contribution is 2.37. The Kier molecular flexibility index (Phi) is 5.79. The quantitative estimate of drug-likeness (QED) is 0.821. The second-order valence-electron chi connectivity index (χ2n) is 6.80. The summed E-state index contributed by atoms with van der Waals surface area (Å²) >= 11 is 6.11. The molecule has 0 radical (unpaired) electrons. The lowest BCUT2D eigenvalue weighted by Crippen LogP contribution is -2.28. The maximum absolute atomic E-state index is 12.8. The summed E-state index contributed by atoms with van der Waals surface area (Å²) in [4.78, 5) is 27.1. The third-order valence-electron chi connectivity index (χ3n) is 5.09. The average Bonchev–Trinajstić information content (AvgIpc) is 3.06. The number of rotatable bonds is 5. The summed E-state index contributed by atoms with van der Waals surface area (Å²) < 4.78 is 10.5. The summed E-state index contributed by atoms with van der Waals surface area (Å²) in [7, 11) is 2.99. The number of benzene rings is 2. The van der Waals surface area contributed by atoms with Crippen molar-refractivity contribution >= 4 is 34.8 Å². The van der Waals surface area contributed by atoms with Gasteiger partial charge in [0.2, 0.25) is 11.8 Å². The van der Waals surface area contributed by atoms with Crippen molar-refractivity contribution < 1.29 is 19.1 Å². The van der Waals surface area contributed by atoms with Gasteiger partial charge in [0.05, 0.1) is 30.8 Å². The molecule has 0 aromatic heterocycles. The number of nitrogens with one attached hydrogen (secondary N) is 1. The summed E-state index contributed by atoms with van der Waals surface area (Å²) in [6.07, 6.45) is 0.159. The van der Waals surface area contributed by atoms with Gasteiger partial charge in [0.25, 0.3) is 0 Å². The van der Waals surface area contributed by atoms with Crippen LogP contribution in [-0.4, -0.2) is 32.6 Å². The molecule has 1 heterocycles. The number of methoxy groups -OCH3 is 2. The van der Waals surface area contributed by atoms with Gasteiger partial charge in [-0.1, -0.05) is 23.7 Å². The van der Waals surface area contributed by atoms with Crippen molar-refractivity contribution in [3.05, 3.63) is 46.5 Å². The highest BCUT2D eigenvalue weighted by Gasteiger charge is 2.36. The maximum atomic E-state index is 12.8. The third-order valence-corrected chi connectivity index (χ3v) is 5.39. The number of carbonyl (C=O) groups is 2. The molecular weight excluding hydrogens is 380 g/mol. The van der Waals surface area contributed by atoms with Crippen LogP contribution in [0.4, 0.5) is 11.4 Å². The summed E-state index contributed by atoms with van der Waals surface area (Å²) in [6, 6.07) is 9.02. The molecule has 1 N–H and O–H groups in total. The Hall–Kier alpha value is -2.73. The van der Waals surface area contributed by atoms with Gasteiger partial charge < -0.3 is 19.7 Å². The summed E-state index contributed by atoms with van der Waals surface area (Å²) in [5.74, 6) is 0.0873. The molecule has 3 rings (SSSR count). The Morgan fingerprint density at radius 2 is 1.89 bits per heavy atom. The monoisotopic (exact) mass is 402 g/mol. The summed E-state index contributed by atoms with van der Waals surface area (Å²) in [6.45, 7) is 4.32. The minimum Gasteiger partial charge on any atom is -0.495 e. The molecule has 1 aliphatic heterocycles. The second-order valence-corrected chi connectivity index (χ2v) is 7.21. The predicted octanol–water partition coefficient (Wildman–Crippen LogP) is 3.97. The van der Waals surface area contributed by atoms with Crippen LogP contribution in [0.2, 0.25) is 5.02 Å². The number of aryl methyl sites for hydroxylation is 1. The SMILES string of the molecule is COc1cc(NC(=O)C2CC(=O)N(c3cccc(C)c3C)C2)c(OC)cc1Cl. The Labute approximate surface area is 169 Å². The fourth-order valence-electron chi connectivity index (χ4n) is 3.34. The fourth-order valence-corrected chi connectivity index (χ4v) is 3.57. The van der Waals surface area contributed by atoms with Gasteiger partial charge in [-0.3, -0.25) is 9.59 Å². The normalized spacial score (nSPS) is 16.2. The lowest BCUT2D eigenvalue weighted by Gasteiger charge is -2.20. The topological polar surface area (TPSA) is 67.9 Å². The van der Waals surface area contributed by atoms with Gasteiger partial charge in [0.15, 0.2) is 0 Å². The Bertz CT molecular complexity index is 929. The minimum absolute atomic E-state index is 0.0606. The minimum atomic E-state index is -0.459. The third kappa shape index (κ3) is 3.78. The molecule has 2 amide bonds. The highest BCUT2D eigenvalue weighted by atomic mass is 35.5. The number of ether oxygens (including phenoxy) is 2. The van der Waals surface area contributed by atoms with E-state index in [-0.39, 0.29) is 18.2 Å². The molecule has 0 aliphatic carbocycles. The Morgan fingerprint density at radius 1 is 1.18 bits per heavy atom. The zero-order valence-electron chi connectivity index (χ0n) is 16.3. The van der Waals surface area contributed by atoms with E-state index in [1.54, 1.807) is 17.0 Å². The van der Waals surface area contributed by atoms with Crippen LogP contribution in [0.1, 0.15) is 17.5 Å². The summed E-state index contributed by atoms with van der Waals surface area (Å²) in [5.41, 5.74) is 3.45. The molecule has 1 aliphatic rings. The van der Waals surface area contributed by atoms with Crippen LogP contribution < -0.4 is 19.7 Å². The van der Waals surface area contributed by atoms with E-state index in [9.17, 15) is 9.59 Å². The molecule has 1 atom stereocenters. The van der Waals surface area contributed by atoms with Gasteiger partial charge in [-0.15, -0.1) is 0 Å². The number of amides is 2. The lowest BCUT2D eigenvalue weighted by molar-refractivity contribution is -0.122. The van der Waals surface area contributed by atoms with Gasteiger partial charge >= 0.3 is 0 Å². The molecule has 1 unspecified atom stereocenters. The molecule has 0 saturated carbocycles. The van der Waals surface area contributed by atoms with E-state index in [1.165, 1.54) is 14.2 Å². The zero-order valence-corrected chi connectivity index (χ0v) is 17.1. The first-order chi connectivity index (χ1) is 13.3. The standard InChI is InChI=1S/C21H23ClN2O4/c1-12-6-5-7-17(13(12)2)24-11-14(8-20(24)25)21(26)23-16-10-18(27-3)15(22)9-19(16)28-4/h5-7,9-10,14H,8,11H2,1-4H3,(H,23,26). The van der Waals surface area contributed by atoms with E-state index < -0.39 is 5.92 Å². The van der Waals surface area contributed by atoms with E-state index in [2.05, 4.69) is 5.32 Å². The van der Waals surface area contributed by atoms with E-state index in [0.717, 1.165) is 16.8 Å². The van der Waals surface area contributed by atoms with Crippen molar-refractivity contribution in [2.24, 2.45) is 5.92 Å². The van der Waals surface area contributed by atoms with Crippen molar-refractivity contribution in [3.63, 3.8) is 0 Å². The molecule has 1 fully saturated rings.